The summed E-state index contributed by atoms with van der Waals surface area (Å²) >= 11 is 5.32. The lowest BCUT2D eigenvalue weighted by Crippen LogP contribution is -2.33. The van der Waals surface area contributed by atoms with E-state index >= 15 is 0 Å². The zero-order valence-electron chi connectivity index (χ0n) is 65.6. The molecule has 113 heavy (non-hydrogen) atoms. The van der Waals surface area contributed by atoms with E-state index in [0.717, 1.165) is 132 Å². The number of carbonyl (C=O) groups is 5. The Hall–Kier alpha value is -10.1. The van der Waals surface area contributed by atoms with Crippen LogP contribution in [0.25, 0.3) is 0 Å². The van der Waals surface area contributed by atoms with E-state index in [4.69, 9.17) is 54.0 Å². The molecule has 1 unspecified atom stereocenters. The largest absolute Gasteiger partial charge is 0.478 e. The van der Waals surface area contributed by atoms with Crippen LogP contribution in [-0.4, -0.2) is 200 Å². The number of hydrogen-bond acceptors (Lipinski definition) is 26. The maximum Gasteiger partial charge on any atom is 0.335 e. The molecule has 2 saturated carbocycles. The minimum Gasteiger partial charge on any atom is -0.478 e. The highest BCUT2D eigenvalue weighted by Crippen LogP contribution is 2.31. The van der Waals surface area contributed by atoms with Gasteiger partial charge in [0, 0.05) is 175 Å². The lowest BCUT2D eigenvalue weighted by Gasteiger charge is -2.26. The molecule has 2 radical (unpaired) electrons. The van der Waals surface area contributed by atoms with E-state index in [0.29, 0.717) is 75.7 Å². The van der Waals surface area contributed by atoms with E-state index in [1.54, 1.807) is 70.7 Å². The van der Waals surface area contributed by atoms with Crippen LogP contribution in [0.1, 0.15) is 145 Å². The fraction of sp³-hybridized carbons (Fsp3) is 0.527. The van der Waals surface area contributed by atoms with Crippen molar-refractivity contribution in [2.75, 3.05) is 139 Å². The number of carbonyl (C=O) groups excluding carboxylic acids is 4. The molecule has 1 atom stereocenters. The number of benzene rings is 5. The molecule has 3 amide bonds. The Balaban J connectivity index is 0.00000131. The number of hydrogen-bond donors (Lipinski definition) is 9. The molecule has 3 aliphatic rings. The zero-order chi connectivity index (χ0) is 85.2. The number of methoxy groups -OCH3 is 4. The van der Waals surface area contributed by atoms with Crippen LogP contribution in [0.2, 0.25) is 0 Å². The number of nitro groups is 5. The Morgan fingerprint density at radius 2 is 0.894 bits per heavy atom. The minimum atomic E-state index is -1.33. The number of carboxylic acid groups (broad SMARTS) is 1. The van der Waals surface area contributed by atoms with E-state index in [1.807, 2.05) is 19.2 Å². The Morgan fingerprint density at radius 1 is 0.531 bits per heavy atom. The van der Waals surface area contributed by atoms with Crippen LogP contribution in [-0.2, 0) is 46.4 Å². The van der Waals surface area contributed by atoms with E-state index in [1.165, 1.54) is 65.0 Å². The molecule has 8 rings (SSSR count). The van der Waals surface area contributed by atoms with Crippen LogP contribution in [0.4, 0.5) is 54.3 Å². The highest BCUT2D eigenvalue weighted by atomic mass is 35.5. The quantitative estimate of drug-likeness (QED) is 0.00635. The molecule has 5 aromatic carbocycles. The van der Waals surface area contributed by atoms with E-state index in [2.05, 4.69) is 37.6 Å². The van der Waals surface area contributed by atoms with Gasteiger partial charge in [-0.3, -0.25) is 69.7 Å². The van der Waals surface area contributed by atoms with Crippen molar-refractivity contribution in [1.29, 1.82) is 0 Å². The molecule has 11 N–H and O–H groups in total. The second-order valence-corrected chi connectivity index (χ2v) is 25.1. The molecular formula is C74H110BClF2N14O21. The average Bonchev–Trinajstić information content (AvgIpc) is 1.30. The smallest absolute Gasteiger partial charge is 0.335 e. The third-order valence-electron chi connectivity index (χ3n) is 16.3. The molecule has 0 bridgehead atoms. The van der Waals surface area contributed by atoms with Gasteiger partial charge in [0.25, 0.3) is 28.9 Å². The van der Waals surface area contributed by atoms with Crippen molar-refractivity contribution in [2.24, 2.45) is 23.3 Å². The molecule has 35 nitrogen and oxygen atoms in total. The maximum absolute atomic E-state index is 12.8. The van der Waals surface area contributed by atoms with Crippen LogP contribution in [0.5, 0.6) is 0 Å². The van der Waals surface area contributed by atoms with E-state index in [-0.39, 0.29) is 78.5 Å². The summed E-state index contributed by atoms with van der Waals surface area (Å²) in [5.74, 6) is -3.75. The number of nitrogens with one attached hydrogen (secondary N) is 6. The van der Waals surface area contributed by atoms with Gasteiger partial charge in [0.1, 0.15) is 24.9 Å². The van der Waals surface area contributed by atoms with Crippen molar-refractivity contribution in [1.82, 2.24) is 20.9 Å². The van der Waals surface area contributed by atoms with Crippen molar-refractivity contribution in [3.8, 4) is 0 Å². The van der Waals surface area contributed by atoms with Crippen LogP contribution < -0.4 is 43.4 Å². The van der Waals surface area contributed by atoms with Gasteiger partial charge < -0.3 is 77.1 Å². The van der Waals surface area contributed by atoms with Crippen LogP contribution in [0.15, 0.2) is 91.0 Å². The van der Waals surface area contributed by atoms with Crippen molar-refractivity contribution in [2.45, 2.75) is 122 Å². The van der Waals surface area contributed by atoms with Gasteiger partial charge in [-0.1, -0.05) is 50.7 Å². The summed E-state index contributed by atoms with van der Waals surface area (Å²) in [4.78, 5) is 108. The van der Waals surface area contributed by atoms with Crippen LogP contribution in [0.3, 0.4) is 0 Å². The highest BCUT2D eigenvalue weighted by molar-refractivity contribution is 6.64. The first-order valence-corrected chi connectivity index (χ1v) is 36.7. The maximum atomic E-state index is 12.8. The number of nitro benzene ring substituents is 5. The summed E-state index contributed by atoms with van der Waals surface area (Å²) in [5, 5.41) is 78.9. The van der Waals surface area contributed by atoms with Gasteiger partial charge >= 0.3 is 17.3 Å². The standard InChI is InChI=1S/C19H29N3O4.C12H17N3O4.C12H19N3O3.C8H7FN2O3.C7H11ClO.C7H4FNO4.C4H7BO.C4H11NO.CH5N/c1-21(19(23)16-7-4-3-5-8-16)14-15-9-10-17(18(13-15)22(24)25)20-11-6-12-26-2;1-13-12(16)9-4-5-10(11(8-9)15(17)18)14-6-3-7-19-2;1-13-9-10-4-5-11(12(8-10)15(16)17)14-6-3-7-18-2;1-10-8(12)5-2-3-6(9)7(4-5)11(13)14;8-7(9)6-4-2-1-3-5-6;8-5-2-1-4(7(10)11)3-6(5)9(12)13;5-4-2-1-3-6-4;1-6-4-2-3-5;1-2/h9-10,13,16,20H,3-8,11-12,14H2,1-2H3;4-5,8,14H,3,6-7H2,1-2H3,(H,13,16);4-5,8,13-14H,3,6-7,9H2,1-2H3;2-4H,1H3,(H,10,12);6H,1-5H2;1-3H,(H,10,11);4H,1-3H2;2-5H2,1H3;2H2,1H3. The summed E-state index contributed by atoms with van der Waals surface area (Å²) in [6.45, 7) is 7.03. The predicted molar refractivity (Wildman–Crippen MR) is 428 cm³/mol. The molecule has 3 fully saturated rings. The average molecular weight is 1620 g/mol. The molecule has 0 spiro atoms. The highest BCUT2D eigenvalue weighted by Gasteiger charge is 2.26. The molecule has 0 aromatic heterocycles. The summed E-state index contributed by atoms with van der Waals surface area (Å²) in [6, 6.07) is 20.1. The van der Waals surface area contributed by atoms with Crippen molar-refractivity contribution >= 4 is 93.9 Å². The Labute approximate surface area is 663 Å². The Kier molecular flexibility index (Phi) is 56.0. The van der Waals surface area contributed by atoms with E-state index < -0.39 is 49.7 Å². The summed E-state index contributed by atoms with van der Waals surface area (Å²) < 4.78 is 49.9. The molecule has 626 valence electrons. The van der Waals surface area contributed by atoms with Crippen LogP contribution in [0, 0.1) is 74.0 Å². The molecule has 5 aromatic rings. The Morgan fingerprint density at radius 3 is 1.23 bits per heavy atom. The number of halogens is 3. The van der Waals surface area contributed by atoms with Crippen molar-refractivity contribution in [3.05, 3.63) is 181 Å². The first kappa shape index (κ1) is 103. The van der Waals surface area contributed by atoms with Gasteiger partial charge in [0.2, 0.25) is 22.8 Å². The first-order valence-electron chi connectivity index (χ1n) is 36.3. The topological polar surface area (TPSA) is 495 Å². The van der Waals surface area contributed by atoms with Crippen LogP contribution >= 0.6 is 11.6 Å². The number of nitrogens with two attached hydrogens (primary N) is 2. The fourth-order valence-electron chi connectivity index (χ4n) is 10.5. The number of ether oxygens (including phenoxy) is 5. The number of aromatic carboxylic acids is 1. The SMILES string of the molecule is CN.CNC(=O)c1ccc(F)c([N+](=O)[O-])c1.CNC(=O)c1ccc(NCCCOC)c([N+](=O)[O-])c1.CNCc1ccc(NCCCOC)c([N+](=O)[O-])c1.COCCCN.COCCCNc1ccc(CN(C)C(=O)C2CCCCC2)cc1[N+](=O)[O-].O=C(Cl)C1CCCCC1.O=C(O)c1ccc(F)c([N+](=O)[O-])c1.[B]C1CCCO1. The number of amides is 3. The zero-order valence-corrected chi connectivity index (χ0v) is 66.4. The van der Waals surface area contributed by atoms with Crippen molar-refractivity contribution < 1.29 is 86.2 Å². The number of rotatable bonds is 32. The van der Waals surface area contributed by atoms with Gasteiger partial charge in [0.05, 0.1) is 30.2 Å². The summed E-state index contributed by atoms with van der Waals surface area (Å²) in [5.41, 5.74) is 11.3. The molecule has 1 heterocycles. The molecule has 1 saturated heterocycles. The second kappa shape index (κ2) is 61.5. The summed E-state index contributed by atoms with van der Waals surface area (Å²) in [7, 11) is 19.8. The van der Waals surface area contributed by atoms with Gasteiger partial charge in [-0.15, -0.1) is 0 Å². The lowest BCUT2D eigenvalue weighted by atomic mass is 9.88. The molecule has 2 aliphatic carbocycles. The lowest BCUT2D eigenvalue weighted by molar-refractivity contribution is -0.387. The fourth-order valence-corrected chi connectivity index (χ4v) is 10.7. The third-order valence-corrected chi connectivity index (χ3v) is 16.6. The van der Waals surface area contributed by atoms with Gasteiger partial charge in [-0.25, -0.2) is 4.79 Å². The van der Waals surface area contributed by atoms with Gasteiger partial charge in [-0.05, 0) is 156 Å². The first-order chi connectivity index (χ1) is 54.0. The molecule has 1 aliphatic heterocycles. The minimum absolute atomic E-state index is 0.0402. The van der Waals surface area contributed by atoms with E-state index in [9.17, 15) is 83.3 Å². The Bertz CT molecular complexity index is 3690. The number of carboxylic acids is 1. The molecule has 39 heteroatoms. The third kappa shape index (κ3) is 43.0. The number of anilines is 3. The van der Waals surface area contributed by atoms with Gasteiger partial charge in [-0.2, -0.15) is 8.78 Å². The second-order valence-electron chi connectivity index (χ2n) is 24.7. The van der Waals surface area contributed by atoms with Gasteiger partial charge in [0.15, 0.2) is 0 Å². The van der Waals surface area contributed by atoms with Crippen molar-refractivity contribution in [3.63, 3.8) is 0 Å². The molecular weight excluding hydrogens is 1510 g/mol. The normalized spacial score (nSPS) is 13.1. The monoisotopic (exact) mass is 1610 g/mol. The predicted octanol–water partition coefficient (Wildman–Crippen LogP) is 11.5. The number of nitrogens with zero attached hydrogens (tertiary/aromatic N) is 6. The summed E-state index contributed by atoms with van der Waals surface area (Å²) in [6.07, 6.45) is 16.5.